The summed E-state index contributed by atoms with van der Waals surface area (Å²) in [5.41, 5.74) is 1.35. The van der Waals surface area contributed by atoms with Gasteiger partial charge in [-0.1, -0.05) is 34.6 Å². The van der Waals surface area contributed by atoms with E-state index in [0.717, 1.165) is 23.2 Å². The predicted octanol–water partition coefficient (Wildman–Crippen LogP) is 4.10. The Morgan fingerprint density at radius 2 is 1.85 bits per heavy atom. The summed E-state index contributed by atoms with van der Waals surface area (Å²) in [5.74, 6) is 2.87. The molecule has 2 fully saturated rings. The second kappa shape index (κ2) is 2.52. The van der Waals surface area contributed by atoms with Gasteiger partial charge in [-0.2, -0.15) is 0 Å². The number of hydrogen-bond donors (Lipinski definition) is 0. The largest absolute Gasteiger partial charge is 0.0622 e. The molecule has 2 saturated carbocycles. The summed E-state index contributed by atoms with van der Waals surface area (Å²) >= 11 is 0. The summed E-state index contributed by atoms with van der Waals surface area (Å²) in [5, 5.41) is 0. The minimum atomic E-state index is 0.627. The Balaban J connectivity index is 2.31. The molecule has 0 aromatic heterocycles. The monoisotopic (exact) mass is 180 g/mol. The van der Waals surface area contributed by atoms with E-state index in [1.807, 2.05) is 0 Å². The maximum absolute atomic E-state index is 2.49. The van der Waals surface area contributed by atoms with Crippen LogP contribution >= 0.6 is 0 Å². The predicted molar refractivity (Wildman–Crippen MR) is 57.6 cm³/mol. The van der Waals surface area contributed by atoms with Crippen molar-refractivity contribution < 1.29 is 0 Å². The summed E-state index contributed by atoms with van der Waals surface area (Å²) in [7, 11) is 0. The fourth-order valence-electron chi connectivity index (χ4n) is 4.71. The second-order valence-electron chi connectivity index (χ2n) is 6.45. The van der Waals surface area contributed by atoms with Gasteiger partial charge in [0.25, 0.3) is 0 Å². The van der Waals surface area contributed by atoms with Crippen molar-refractivity contribution in [1.29, 1.82) is 0 Å². The highest BCUT2D eigenvalue weighted by atomic mass is 14.7. The van der Waals surface area contributed by atoms with Gasteiger partial charge in [-0.25, -0.2) is 0 Å². The zero-order chi connectivity index (χ0) is 9.85. The van der Waals surface area contributed by atoms with E-state index in [2.05, 4.69) is 34.6 Å². The molecule has 2 aliphatic rings. The lowest BCUT2D eigenvalue weighted by Gasteiger charge is -2.54. The Bertz CT molecular complexity index is 214. The van der Waals surface area contributed by atoms with Gasteiger partial charge in [0.2, 0.25) is 0 Å². The van der Waals surface area contributed by atoms with E-state index >= 15 is 0 Å². The molecule has 2 aliphatic carbocycles. The van der Waals surface area contributed by atoms with Crippen LogP contribution in [0.25, 0.3) is 0 Å². The van der Waals surface area contributed by atoms with Crippen molar-refractivity contribution in [3.05, 3.63) is 0 Å². The van der Waals surface area contributed by atoms with Gasteiger partial charge in [-0.3, -0.25) is 0 Å². The molecule has 3 unspecified atom stereocenters. The van der Waals surface area contributed by atoms with Crippen LogP contribution in [0.15, 0.2) is 0 Å². The van der Waals surface area contributed by atoms with E-state index in [-0.39, 0.29) is 0 Å². The molecule has 76 valence electrons. The van der Waals surface area contributed by atoms with Crippen molar-refractivity contribution in [1.82, 2.24) is 0 Å². The molecule has 2 rings (SSSR count). The van der Waals surface area contributed by atoms with Crippen LogP contribution in [0.2, 0.25) is 0 Å². The molecule has 0 spiro atoms. The van der Waals surface area contributed by atoms with Gasteiger partial charge in [0.1, 0.15) is 0 Å². The standard InChI is InChI=1S/C13H24/c1-9(2)13-7-6-11(13)12(4,5)8-10(13)3/h9-11H,6-8H2,1-5H3. The first-order chi connectivity index (χ1) is 5.91. The Morgan fingerprint density at radius 3 is 2.08 bits per heavy atom. The lowest BCUT2D eigenvalue weighted by Crippen LogP contribution is -2.47. The molecule has 0 heterocycles. The summed E-state index contributed by atoms with van der Waals surface area (Å²) in [6.45, 7) is 12.3. The van der Waals surface area contributed by atoms with E-state index in [1.165, 1.54) is 19.3 Å². The van der Waals surface area contributed by atoms with E-state index in [4.69, 9.17) is 0 Å². The van der Waals surface area contributed by atoms with Crippen LogP contribution in [0.5, 0.6) is 0 Å². The van der Waals surface area contributed by atoms with Gasteiger partial charge in [0.15, 0.2) is 0 Å². The van der Waals surface area contributed by atoms with Crippen LogP contribution in [0.1, 0.15) is 53.9 Å². The topological polar surface area (TPSA) is 0 Å². The van der Waals surface area contributed by atoms with Crippen LogP contribution in [0.4, 0.5) is 0 Å². The maximum Gasteiger partial charge on any atom is -0.0215 e. The first-order valence-electron chi connectivity index (χ1n) is 5.91. The highest BCUT2D eigenvalue weighted by Crippen LogP contribution is 2.70. The lowest BCUT2D eigenvalue weighted by atomic mass is 9.50. The highest BCUT2D eigenvalue weighted by Gasteiger charge is 2.62. The molecule has 3 atom stereocenters. The van der Waals surface area contributed by atoms with Crippen molar-refractivity contribution in [2.24, 2.45) is 28.6 Å². The van der Waals surface area contributed by atoms with Gasteiger partial charge < -0.3 is 0 Å². The van der Waals surface area contributed by atoms with Gasteiger partial charge >= 0.3 is 0 Å². The summed E-state index contributed by atoms with van der Waals surface area (Å²) < 4.78 is 0. The Labute approximate surface area is 83.1 Å². The van der Waals surface area contributed by atoms with Gasteiger partial charge in [-0.15, -0.1) is 0 Å². The van der Waals surface area contributed by atoms with Crippen molar-refractivity contribution in [2.75, 3.05) is 0 Å². The van der Waals surface area contributed by atoms with Crippen LogP contribution in [-0.2, 0) is 0 Å². The van der Waals surface area contributed by atoms with Crippen molar-refractivity contribution in [3.63, 3.8) is 0 Å². The van der Waals surface area contributed by atoms with Gasteiger partial charge in [0.05, 0.1) is 0 Å². The average Bonchev–Trinajstić information content (AvgIpc) is 1.91. The Kier molecular flexibility index (Phi) is 1.85. The van der Waals surface area contributed by atoms with E-state index in [9.17, 15) is 0 Å². The molecular formula is C13H24. The van der Waals surface area contributed by atoms with Crippen LogP contribution in [0, 0.1) is 28.6 Å². The minimum absolute atomic E-state index is 0.627. The van der Waals surface area contributed by atoms with Crippen molar-refractivity contribution in [2.45, 2.75) is 53.9 Å². The van der Waals surface area contributed by atoms with E-state index in [0.29, 0.717) is 5.41 Å². The van der Waals surface area contributed by atoms with Crippen molar-refractivity contribution >= 4 is 0 Å². The number of fused-ring (bicyclic) bond motifs is 1. The molecule has 0 amide bonds. The lowest BCUT2D eigenvalue weighted by molar-refractivity contribution is -0.0546. The second-order valence-corrected chi connectivity index (χ2v) is 6.45. The number of hydrogen-bond acceptors (Lipinski definition) is 0. The average molecular weight is 180 g/mol. The van der Waals surface area contributed by atoms with Crippen molar-refractivity contribution in [3.8, 4) is 0 Å². The summed E-state index contributed by atoms with van der Waals surface area (Å²) in [4.78, 5) is 0. The third-order valence-corrected chi connectivity index (χ3v) is 5.28. The summed E-state index contributed by atoms with van der Waals surface area (Å²) in [6.07, 6.45) is 4.45. The molecule has 0 aromatic carbocycles. The quantitative estimate of drug-likeness (QED) is 0.570. The third kappa shape index (κ3) is 0.980. The fourth-order valence-corrected chi connectivity index (χ4v) is 4.71. The first-order valence-corrected chi connectivity index (χ1v) is 5.91. The molecule has 0 N–H and O–H groups in total. The molecule has 0 radical (unpaired) electrons. The molecule has 0 heteroatoms. The normalized spacial score (nSPS) is 47.5. The Morgan fingerprint density at radius 1 is 1.23 bits per heavy atom. The minimum Gasteiger partial charge on any atom is -0.0622 e. The molecule has 0 aromatic rings. The molecule has 0 bridgehead atoms. The molecular weight excluding hydrogens is 156 g/mol. The third-order valence-electron chi connectivity index (χ3n) is 5.28. The molecule has 0 saturated heterocycles. The van der Waals surface area contributed by atoms with E-state index < -0.39 is 0 Å². The zero-order valence-corrected chi connectivity index (χ0v) is 9.85. The van der Waals surface area contributed by atoms with Gasteiger partial charge in [0, 0.05) is 0 Å². The smallest absolute Gasteiger partial charge is 0.0215 e. The zero-order valence-electron chi connectivity index (χ0n) is 9.85. The fraction of sp³-hybridized carbons (Fsp3) is 1.00. The summed E-state index contributed by atoms with van der Waals surface area (Å²) in [6, 6.07) is 0. The van der Waals surface area contributed by atoms with Crippen LogP contribution < -0.4 is 0 Å². The molecule has 13 heavy (non-hydrogen) atoms. The van der Waals surface area contributed by atoms with Crippen LogP contribution in [0.3, 0.4) is 0 Å². The van der Waals surface area contributed by atoms with E-state index in [1.54, 1.807) is 0 Å². The SMILES string of the molecule is CC(C)C12CCC1C(C)(C)CC2C. The number of rotatable bonds is 1. The first kappa shape index (κ1) is 9.55. The molecule has 0 nitrogen and oxygen atoms in total. The maximum atomic E-state index is 2.49. The van der Waals surface area contributed by atoms with Crippen LogP contribution in [-0.4, -0.2) is 0 Å². The molecule has 0 aliphatic heterocycles. The van der Waals surface area contributed by atoms with Gasteiger partial charge in [-0.05, 0) is 47.8 Å². The Hall–Kier alpha value is 0. The highest BCUT2D eigenvalue weighted by molar-refractivity contribution is 5.11.